The zero-order chi connectivity index (χ0) is 14.5. The molecule has 0 aromatic heterocycles. The van der Waals surface area contributed by atoms with E-state index in [0.717, 1.165) is 38.5 Å². The van der Waals surface area contributed by atoms with Crippen molar-refractivity contribution < 1.29 is 9.90 Å². The monoisotopic (exact) mass is 271 g/mol. The van der Waals surface area contributed by atoms with Gasteiger partial charge >= 0.3 is 5.97 Å². The van der Waals surface area contributed by atoms with Gasteiger partial charge in [0.1, 0.15) is 5.54 Å². The number of unbranched alkanes of at least 4 members (excludes halogenated alkanes) is 1. The molecule has 0 saturated carbocycles. The number of likely N-dealkylation sites (tertiary alicyclic amines) is 1. The first-order valence-electron chi connectivity index (χ1n) is 7.24. The second-order valence-corrected chi connectivity index (χ2v) is 6.22. The first-order valence-corrected chi connectivity index (χ1v) is 7.24. The molecular weight excluding hydrogens is 242 g/mol. The molecule has 1 unspecified atom stereocenters. The molecule has 1 saturated heterocycles. The smallest absolute Gasteiger partial charge is 0.323 e. The molecule has 3 N–H and O–H groups in total. The van der Waals surface area contributed by atoms with Crippen LogP contribution in [0.2, 0.25) is 0 Å². The number of hydrogen-bond acceptors (Lipinski definition) is 4. The van der Waals surface area contributed by atoms with Gasteiger partial charge in [-0.15, -0.1) is 0 Å². The molecule has 1 heterocycles. The van der Waals surface area contributed by atoms with Crippen LogP contribution in [0.5, 0.6) is 0 Å². The van der Waals surface area contributed by atoms with Gasteiger partial charge in [0, 0.05) is 6.04 Å². The Labute approximate surface area is 116 Å². The molecule has 0 bridgehead atoms. The quantitative estimate of drug-likeness (QED) is 0.676. The second-order valence-electron chi connectivity index (χ2n) is 6.22. The third-order valence-corrected chi connectivity index (χ3v) is 4.20. The van der Waals surface area contributed by atoms with Crippen LogP contribution >= 0.6 is 0 Å². The fourth-order valence-corrected chi connectivity index (χ4v) is 2.59. The highest BCUT2D eigenvalue weighted by molar-refractivity contribution is 5.77. The number of carboxylic acid groups (broad SMARTS) is 1. The van der Waals surface area contributed by atoms with Crippen LogP contribution in [-0.2, 0) is 4.79 Å². The fraction of sp³-hybridized carbons (Fsp3) is 0.929. The molecule has 5 heteroatoms. The molecule has 0 amide bonds. The lowest BCUT2D eigenvalue weighted by atomic mass is 9.96. The van der Waals surface area contributed by atoms with Gasteiger partial charge in [-0.2, -0.15) is 0 Å². The molecule has 5 nitrogen and oxygen atoms in total. The lowest BCUT2D eigenvalue weighted by Gasteiger charge is -2.35. The van der Waals surface area contributed by atoms with Gasteiger partial charge in [0.15, 0.2) is 0 Å². The maximum Gasteiger partial charge on any atom is 0.323 e. The van der Waals surface area contributed by atoms with Gasteiger partial charge in [-0.3, -0.25) is 4.79 Å². The molecule has 19 heavy (non-hydrogen) atoms. The van der Waals surface area contributed by atoms with Crippen molar-refractivity contribution in [3.63, 3.8) is 0 Å². The average Bonchev–Trinajstić information content (AvgIpc) is 2.35. The van der Waals surface area contributed by atoms with Crippen molar-refractivity contribution in [2.75, 3.05) is 33.7 Å². The van der Waals surface area contributed by atoms with Crippen molar-refractivity contribution in [2.24, 2.45) is 5.73 Å². The van der Waals surface area contributed by atoms with Crippen LogP contribution in [0, 0.1) is 0 Å². The number of aliphatic carboxylic acids is 1. The van der Waals surface area contributed by atoms with Crippen LogP contribution in [-0.4, -0.2) is 66.2 Å². The Morgan fingerprint density at radius 2 is 1.95 bits per heavy atom. The number of nitrogens with two attached hydrogens (primary N) is 1. The number of hydrogen-bond donors (Lipinski definition) is 2. The van der Waals surface area contributed by atoms with Crippen LogP contribution in [0.3, 0.4) is 0 Å². The van der Waals surface area contributed by atoms with Crippen LogP contribution in [0.25, 0.3) is 0 Å². The molecule has 1 rings (SSSR count). The Morgan fingerprint density at radius 1 is 1.37 bits per heavy atom. The summed E-state index contributed by atoms with van der Waals surface area (Å²) in [6.07, 6.45) is 4.93. The lowest BCUT2D eigenvalue weighted by molar-refractivity contribution is -0.142. The SMILES string of the molecule is CN(C)C1CCN(CCCCC(C)(N)C(=O)O)CC1. The summed E-state index contributed by atoms with van der Waals surface area (Å²) in [5, 5.41) is 8.93. The van der Waals surface area contributed by atoms with Crippen molar-refractivity contribution >= 4 is 5.97 Å². The minimum Gasteiger partial charge on any atom is -0.480 e. The fourth-order valence-electron chi connectivity index (χ4n) is 2.59. The summed E-state index contributed by atoms with van der Waals surface area (Å²) in [7, 11) is 4.29. The molecule has 0 spiro atoms. The molecule has 1 aliphatic heterocycles. The summed E-state index contributed by atoms with van der Waals surface area (Å²) >= 11 is 0. The maximum atomic E-state index is 10.9. The third kappa shape index (κ3) is 5.47. The van der Waals surface area contributed by atoms with E-state index in [1.807, 2.05) is 0 Å². The zero-order valence-electron chi connectivity index (χ0n) is 12.6. The van der Waals surface area contributed by atoms with E-state index in [2.05, 4.69) is 23.9 Å². The van der Waals surface area contributed by atoms with Crippen LogP contribution < -0.4 is 5.73 Å². The van der Waals surface area contributed by atoms with E-state index in [-0.39, 0.29) is 0 Å². The summed E-state index contributed by atoms with van der Waals surface area (Å²) in [6, 6.07) is 0.718. The highest BCUT2D eigenvalue weighted by atomic mass is 16.4. The predicted molar refractivity (Wildman–Crippen MR) is 77.2 cm³/mol. The molecule has 1 aliphatic rings. The molecular formula is C14H29N3O2. The molecule has 0 aromatic carbocycles. The molecule has 0 radical (unpaired) electrons. The maximum absolute atomic E-state index is 10.9. The minimum atomic E-state index is -1.07. The summed E-state index contributed by atoms with van der Waals surface area (Å²) in [4.78, 5) is 15.7. The first-order chi connectivity index (χ1) is 8.83. The second kappa shape index (κ2) is 7.22. The van der Waals surface area contributed by atoms with E-state index in [1.54, 1.807) is 6.92 Å². The van der Waals surface area contributed by atoms with Gasteiger partial charge in [-0.05, 0) is 72.8 Å². The standard InChI is InChI=1S/C14H29N3O2/c1-14(15,13(18)19)8-4-5-9-17-10-6-12(7-11-17)16(2)3/h12H,4-11,15H2,1-3H3,(H,18,19). The van der Waals surface area contributed by atoms with E-state index in [9.17, 15) is 4.79 Å². The molecule has 0 aliphatic carbocycles. The Kier molecular flexibility index (Phi) is 6.23. The van der Waals surface area contributed by atoms with Gasteiger partial charge in [-0.25, -0.2) is 0 Å². The number of rotatable bonds is 7. The number of nitrogens with zero attached hydrogens (tertiary/aromatic N) is 2. The zero-order valence-corrected chi connectivity index (χ0v) is 12.6. The van der Waals surface area contributed by atoms with Crippen LogP contribution in [0.15, 0.2) is 0 Å². The number of piperidine rings is 1. The number of carbonyl (C=O) groups is 1. The summed E-state index contributed by atoms with van der Waals surface area (Å²) in [6.45, 7) is 4.97. The first kappa shape index (κ1) is 16.4. The van der Waals surface area contributed by atoms with Crippen molar-refractivity contribution in [1.29, 1.82) is 0 Å². The summed E-state index contributed by atoms with van der Waals surface area (Å²) in [5.41, 5.74) is 4.64. The Bertz CT molecular complexity index is 284. The van der Waals surface area contributed by atoms with E-state index in [0.29, 0.717) is 6.42 Å². The Hall–Kier alpha value is -0.650. The van der Waals surface area contributed by atoms with E-state index in [1.165, 1.54) is 12.8 Å². The van der Waals surface area contributed by atoms with Crippen molar-refractivity contribution in [2.45, 2.75) is 50.6 Å². The molecule has 0 aromatic rings. The van der Waals surface area contributed by atoms with Gasteiger partial charge in [0.25, 0.3) is 0 Å². The number of carboxylic acids is 1. The lowest BCUT2D eigenvalue weighted by Crippen LogP contribution is -2.45. The molecule has 112 valence electrons. The van der Waals surface area contributed by atoms with E-state index in [4.69, 9.17) is 10.8 Å². The van der Waals surface area contributed by atoms with Crippen molar-refractivity contribution in [3.8, 4) is 0 Å². The summed E-state index contributed by atoms with van der Waals surface area (Å²) in [5.74, 6) is -0.903. The van der Waals surface area contributed by atoms with Gasteiger partial charge < -0.3 is 20.6 Å². The predicted octanol–water partition coefficient (Wildman–Crippen LogP) is 0.985. The van der Waals surface area contributed by atoms with Gasteiger partial charge in [-0.1, -0.05) is 0 Å². The third-order valence-electron chi connectivity index (χ3n) is 4.20. The minimum absolute atomic E-state index is 0.552. The van der Waals surface area contributed by atoms with E-state index >= 15 is 0 Å². The average molecular weight is 271 g/mol. The Morgan fingerprint density at radius 3 is 2.42 bits per heavy atom. The topological polar surface area (TPSA) is 69.8 Å². The highest BCUT2D eigenvalue weighted by Crippen LogP contribution is 2.16. The molecule has 1 atom stereocenters. The molecule has 1 fully saturated rings. The van der Waals surface area contributed by atoms with Crippen LogP contribution in [0.4, 0.5) is 0 Å². The van der Waals surface area contributed by atoms with Gasteiger partial charge in [0.2, 0.25) is 0 Å². The van der Waals surface area contributed by atoms with Gasteiger partial charge in [0.05, 0.1) is 0 Å². The van der Waals surface area contributed by atoms with E-state index < -0.39 is 11.5 Å². The summed E-state index contributed by atoms with van der Waals surface area (Å²) < 4.78 is 0. The normalized spacial score (nSPS) is 21.5. The largest absolute Gasteiger partial charge is 0.480 e. The highest BCUT2D eigenvalue weighted by Gasteiger charge is 2.27. The van der Waals surface area contributed by atoms with Crippen molar-refractivity contribution in [3.05, 3.63) is 0 Å². The van der Waals surface area contributed by atoms with Crippen molar-refractivity contribution in [1.82, 2.24) is 9.80 Å². The Balaban J connectivity index is 2.13. The van der Waals surface area contributed by atoms with Crippen LogP contribution in [0.1, 0.15) is 39.0 Å².